The van der Waals surface area contributed by atoms with E-state index in [1.54, 1.807) is 24.2 Å². The number of alkyl carbamates (subject to hydrolysis) is 1. The average molecular weight is 579 g/mol. The van der Waals surface area contributed by atoms with Crippen LogP contribution in [0.2, 0.25) is 0 Å². The monoisotopic (exact) mass is 578 g/mol. The molecule has 1 N–H and O–H groups in total. The molecule has 3 atom stereocenters. The standard InChI is InChI=1S/C34H46N2O6/c1-10-14-34(6,7)21-42-32(39)35-29(33(3,4)5)30(37)36-20-23(17-27(36)31(38)41-9)15-22-12-13-25-19-28(40-8)24(11-2)18-26(25)16-22/h10-13,16,18-19,23,27,29H,1-2,14-15,17,20-21H2,3-9H3,(H,35,39). The van der Waals surface area contributed by atoms with Crippen LogP contribution in [0.15, 0.2) is 49.6 Å². The zero-order valence-corrected chi connectivity index (χ0v) is 26.1. The zero-order chi connectivity index (χ0) is 31.2. The summed E-state index contributed by atoms with van der Waals surface area (Å²) >= 11 is 0. The van der Waals surface area contributed by atoms with E-state index >= 15 is 0 Å². The Kier molecular flexibility index (Phi) is 10.5. The summed E-state index contributed by atoms with van der Waals surface area (Å²) in [5.41, 5.74) is 1.10. The van der Waals surface area contributed by atoms with Crippen molar-refractivity contribution in [2.75, 3.05) is 27.4 Å². The number of nitrogens with zero attached hydrogens (tertiary/aromatic N) is 1. The number of hydrogen-bond acceptors (Lipinski definition) is 6. The van der Waals surface area contributed by atoms with Gasteiger partial charge in [-0.1, -0.05) is 71.5 Å². The van der Waals surface area contributed by atoms with Crippen molar-refractivity contribution in [2.45, 2.75) is 66.0 Å². The first-order valence-electron chi connectivity index (χ1n) is 14.4. The quantitative estimate of drug-likeness (QED) is 0.253. The van der Waals surface area contributed by atoms with E-state index in [9.17, 15) is 14.4 Å². The Morgan fingerprint density at radius 1 is 1.07 bits per heavy atom. The molecule has 8 nitrogen and oxygen atoms in total. The fourth-order valence-electron chi connectivity index (χ4n) is 5.50. The van der Waals surface area contributed by atoms with Crippen LogP contribution in [0.4, 0.5) is 4.79 Å². The molecule has 2 aromatic carbocycles. The number of ether oxygens (including phenoxy) is 3. The molecule has 228 valence electrons. The summed E-state index contributed by atoms with van der Waals surface area (Å²) in [4.78, 5) is 41.2. The maximum Gasteiger partial charge on any atom is 0.407 e. The van der Waals surface area contributed by atoms with Crippen molar-refractivity contribution in [3.05, 3.63) is 60.7 Å². The van der Waals surface area contributed by atoms with Crippen LogP contribution < -0.4 is 10.1 Å². The summed E-state index contributed by atoms with van der Waals surface area (Å²) in [5, 5.41) is 4.89. The maximum absolute atomic E-state index is 14.0. The molecule has 0 radical (unpaired) electrons. The molecule has 42 heavy (non-hydrogen) atoms. The van der Waals surface area contributed by atoms with Gasteiger partial charge in [0, 0.05) is 17.5 Å². The number of esters is 1. The van der Waals surface area contributed by atoms with E-state index in [1.807, 2.05) is 46.8 Å². The van der Waals surface area contributed by atoms with Gasteiger partial charge in [-0.2, -0.15) is 0 Å². The molecule has 1 heterocycles. The first-order chi connectivity index (χ1) is 19.7. The lowest BCUT2D eigenvalue weighted by Gasteiger charge is -2.35. The van der Waals surface area contributed by atoms with Crippen molar-refractivity contribution < 1.29 is 28.6 Å². The summed E-state index contributed by atoms with van der Waals surface area (Å²) in [6.45, 7) is 17.8. The first-order valence-corrected chi connectivity index (χ1v) is 14.4. The highest BCUT2D eigenvalue weighted by atomic mass is 16.5. The van der Waals surface area contributed by atoms with Crippen molar-refractivity contribution in [3.63, 3.8) is 0 Å². The Hall–Kier alpha value is -3.81. The van der Waals surface area contributed by atoms with E-state index in [-0.39, 0.29) is 23.8 Å². The highest BCUT2D eigenvalue weighted by molar-refractivity contribution is 5.91. The molecule has 0 bridgehead atoms. The number of allylic oxidation sites excluding steroid dienone is 1. The van der Waals surface area contributed by atoms with Gasteiger partial charge in [0.1, 0.15) is 17.8 Å². The lowest BCUT2D eigenvalue weighted by molar-refractivity contribution is -0.152. The summed E-state index contributed by atoms with van der Waals surface area (Å²) < 4.78 is 16.1. The van der Waals surface area contributed by atoms with Crippen LogP contribution in [-0.4, -0.2) is 62.3 Å². The van der Waals surface area contributed by atoms with E-state index in [1.165, 1.54) is 7.11 Å². The lowest BCUT2D eigenvalue weighted by Crippen LogP contribution is -2.57. The van der Waals surface area contributed by atoms with Crippen LogP contribution >= 0.6 is 0 Å². The van der Waals surface area contributed by atoms with Gasteiger partial charge in [0.25, 0.3) is 0 Å². The molecule has 1 aliphatic rings. The molecule has 2 aromatic rings. The molecule has 0 saturated carbocycles. The number of amides is 2. The minimum atomic E-state index is -0.897. The summed E-state index contributed by atoms with van der Waals surface area (Å²) in [5.74, 6) is -0.000179. The number of fused-ring (bicyclic) bond motifs is 1. The van der Waals surface area contributed by atoms with Gasteiger partial charge in [-0.15, -0.1) is 6.58 Å². The fraction of sp³-hybridized carbons (Fsp3) is 0.500. The molecule has 1 fully saturated rings. The highest BCUT2D eigenvalue weighted by Gasteiger charge is 2.45. The molecular weight excluding hydrogens is 532 g/mol. The third-order valence-corrected chi connectivity index (χ3v) is 7.81. The van der Waals surface area contributed by atoms with Gasteiger partial charge in [-0.25, -0.2) is 9.59 Å². The molecule has 3 rings (SSSR count). The number of carbonyl (C=O) groups excluding carboxylic acids is 3. The van der Waals surface area contributed by atoms with Crippen molar-refractivity contribution in [3.8, 4) is 5.75 Å². The molecular formula is C34H46N2O6. The van der Waals surface area contributed by atoms with Gasteiger partial charge in [0.05, 0.1) is 20.8 Å². The SMILES string of the molecule is C=CCC(C)(C)COC(=O)NC(C(=O)N1CC(Cc2ccc3cc(OC)c(C=C)cc3c2)CC1C(=O)OC)C(C)(C)C. The predicted molar refractivity (Wildman–Crippen MR) is 166 cm³/mol. The topological polar surface area (TPSA) is 94.2 Å². The van der Waals surface area contributed by atoms with E-state index in [0.29, 0.717) is 25.8 Å². The maximum atomic E-state index is 14.0. The van der Waals surface area contributed by atoms with E-state index < -0.39 is 29.6 Å². The Labute approximate surface area is 250 Å². The van der Waals surface area contributed by atoms with E-state index in [2.05, 4.69) is 36.7 Å². The largest absolute Gasteiger partial charge is 0.496 e. The number of hydrogen-bond donors (Lipinski definition) is 1. The highest BCUT2D eigenvalue weighted by Crippen LogP contribution is 2.33. The molecule has 8 heteroatoms. The molecule has 1 saturated heterocycles. The van der Waals surface area contributed by atoms with Crippen molar-refractivity contribution in [2.24, 2.45) is 16.7 Å². The smallest absolute Gasteiger partial charge is 0.407 e. The second-order valence-electron chi connectivity index (χ2n) is 13.0. The molecule has 3 unspecified atom stereocenters. The Morgan fingerprint density at radius 2 is 1.79 bits per heavy atom. The Bertz CT molecular complexity index is 1330. The Balaban J connectivity index is 1.80. The van der Waals surface area contributed by atoms with Crippen LogP contribution in [0, 0.1) is 16.7 Å². The molecule has 2 amide bonds. The molecule has 0 aliphatic carbocycles. The minimum absolute atomic E-state index is 0.0277. The van der Waals surface area contributed by atoms with Crippen molar-refractivity contribution in [1.29, 1.82) is 0 Å². The number of rotatable bonds is 11. The van der Waals surface area contributed by atoms with E-state index in [4.69, 9.17) is 14.2 Å². The zero-order valence-electron chi connectivity index (χ0n) is 26.1. The Morgan fingerprint density at radius 3 is 2.38 bits per heavy atom. The van der Waals surface area contributed by atoms with Gasteiger partial charge in [-0.3, -0.25) is 4.79 Å². The van der Waals surface area contributed by atoms with Crippen LogP contribution in [0.1, 0.15) is 58.6 Å². The lowest BCUT2D eigenvalue weighted by atomic mass is 9.85. The normalized spacial score (nSPS) is 17.8. The molecule has 0 spiro atoms. The average Bonchev–Trinajstić information content (AvgIpc) is 3.36. The van der Waals surface area contributed by atoms with Gasteiger partial charge < -0.3 is 24.4 Å². The van der Waals surface area contributed by atoms with Crippen LogP contribution in [0.3, 0.4) is 0 Å². The minimum Gasteiger partial charge on any atom is -0.496 e. The van der Waals surface area contributed by atoms with E-state index in [0.717, 1.165) is 27.6 Å². The number of likely N-dealkylation sites (tertiary alicyclic amines) is 1. The van der Waals surface area contributed by atoms with Crippen LogP contribution in [0.5, 0.6) is 5.75 Å². The first kappa shape index (κ1) is 32.7. The van der Waals surface area contributed by atoms with Crippen LogP contribution in [0.25, 0.3) is 16.8 Å². The third-order valence-electron chi connectivity index (χ3n) is 7.81. The predicted octanol–water partition coefficient (Wildman–Crippen LogP) is 6.17. The molecule has 1 aliphatic heterocycles. The second-order valence-corrected chi connectivity index (χ2v) is 13.0. The number of methoxy groups -OCH3 is 2. The van der Waals surface area contributed by atoms with Crippen molar-refractivity contribution in [1.82, 2.24) is 10.2 Å². The van der Waals surface area contributed by atoms with Gasteiger partial charge in [-0.05, 0) is 59.1 Å². The number of benzene rings is 2. The van der Waals surface area contributed by atoms with Crippen molar-refractivity contribution >= 4 is 34.8 Å². The second kappa shape index (κ2) is 13.4. The number of nitrogens with one attached hydrogen (secondary N) is 1. The van der Waals surface area contributed by atoms with Gasteiger partial charge in [0.2, 0.25) is 5.91 Å². The van der Waals surface area contributed by atoms with Crippen LogP contribution in [-0.2, 0) is 25.5 Å². The summed E-state index contributed by atoms with van der Waals surface area (Å²) in [7, 11) is 2.97. The van der Waals surface area contributed by atoms with Gasteiger partial charge >= 0.3 is 12.1 Å². The summed E-state index contributed by atoms with van der Waals surface area (Å²) in [6.07, 6.45) is 4.71. The molecule has 0 aromatic heterocycles. The fourth-order valence-corrected chi connectivity index (χ4v) is 5.50. The number of carbonyl (C=O) groups is 3. The van der Waals surface area contributed by atoms with Gasteiger partial charge in [0.15, 0.2) is 0 Å². The summed E-state index contributed by atoms with van der Waals surface area (Å²) in [6, 6.07) is 8.65. The third kappa shape index (κ3) is 7.93.